The van der Waals surface area contributed by atoms with Crippen molar-refractivity contribution >= 4 is 0 Å². The van der Waals surface area contributed by atoms with Crippen molar-refractivity contribution in [1.82, 2.24) is 15.1 Å². The fourth-order valence-electron chi connectivity index (χ4n) is 2.03. The number of piperazine rings is 1. The van der Waals surface area contributed by atoms with Gasteiger partial charge in [0.1, 0.15) is 0 Å². The average Bonchev–Trinajstić information content (AvgIpc) is 2.29. The van der Waals surface area contributed by atoms with Crippen LogP contribution < -0.4 is 5.32 Å². The molecule has 1 unspecified atom stereocenters. The van der Waals surface area contributed by atoms with Crippen LogP contribution in [0.1, 0.15) is 6.92 Å². The first-order valence-electron chi connectivity index (χ1n) is 5.91. The van der Waals surface area contributed by atoms with E-state index in [4.69, 9.17) is 4.74 Å². The van der Waals surface area contributed by atoms with Gasteiger partial charge in [0, 0.05) is 45.9 Å². The van der Waals surface area contributed by atoms with Crippen molar-refractivity contribution in [2.75, 3.05) is 60.0 Å². The van der Waals surface area contributed by atoms with E-state index < -0.39 is 0 Å². The predicted molar refractivity (Wildman–Crippen MR) is 63.3 cm³/mol. The highest BCUT2D eigenvalue weighted by Crippen LogP contribution is 2.02. The third kappa shape index (κ3) is 4.47. The maximum Gasteiger partial charge on any atom is 0.0628 e. The Bertz CT molecular complexity index is 158. The molecule has 1 heterocycles. The molecule has 4 heteroatoms. The Kier molecular flexibility index (Phi) is 6.17. The second kappa shape index (κ2) is 7.17. The summed E-state index contributed by atoms with van der Waals surface area (Å²) in [6.07, 6.45) is 0. The molecule has 1 atom stereocenters. The number of methoxy groups -OCH3 is 1. The molecular formula is C11H25N3O. The van der Waals surface area contributed by atoms with Gasteiger partial charge >= 0.3 is 0 Å². The summed E-state index contributed by atoms with van der Waals surface area (Å²) in [4.78, 5) is 5.02. The molecule has 0 saturated carbocycles. The van der Waals surface area contributed by atoms with Crippen LogP contribution in [0.3, 0.4) is 0 Å². The average molecular weight is 215 g/mol. The van der Waals surface area contributed by atoms with Crippen LogP contribution in [0.4, 0.5) is 0 Å². The van der Waals surface area contributed by atoms with Crippen LogP contribution in [0.15, 0.2) is 0 Å². The molecule has 15 heavy (non-hydrogen) atoms. The maximum absolute atomic E-state index is 5.18. The molecule has 0 bridgehead atoms. The summed E-state index contributed by atoms with van der Waals surface area (Å²) < 4.78 is 5.18. The summed E-state index contributed by atoms with van der Waals surface area (Å²) in [7, 11) is 3.77. The van der Waals surface area contributed by atoms with Gasteiger partial charge in [0.15, 0.2) is 0 Å². The van der Waals surface area contributed by atoms with E-state index in [0.717, 1.165) is 13.2 Å². The summed E-state index contributed by atoms with van der Waals surface area (Å²) in [6.45, 7) is 10.1. The number of rotatable bonds is 6. The molecule has 1 aliphatic heterocycles. The highest BCUT2D eigenvalue weighted by molar-refractivity contribution is 4.76. The van der Waals surface area contributed by atoms with Gasteiger partial charge in [0.2, 0.25) is 0 Å². The largest absolute Gasteiger partial charge is 0.383 e. The van der Waals surface area contributed by atoms with Gasteiger partial charge in [-0.15, -0.1) is 0 Å². The Morgan fingerprint density at radius 1 is 1.20 bits per heavy atom. The Balaban J connectivity index is 2.21. The van der Waals surface area contributed by atoms with E-state index in [1.54, 1.807) is 7.11 Å². The number of nitrogens with zero attached hydrogens (tertiary/aromatic N) is 2. The molecule has 1 saturated heterocycles. The summed E-state index contributed by atoms with van der Waals surface area (Å²) in [5.41, 5.74) is 0. The standard InChI is InChI=1S/C11H25N3O/c1-4-13-5-7-14(8-6-13)9-11(12-2)10-15-3/h11-12H,4-10H2,1-3H3. The highest BCUT2D eigenvalue weighted by atomic mass is 16.5. The number of nitrogens with one attached hydrogen (secondary N) is 1. The van der Waals surface area contributed by atoms with Gasteiger partial charge in [-0.2, -0.15) is 0 Å². The van der Waals surface area contributed by atoms with Crippen molar-refractivity contribution in [3.63, 3.8) is 0 Å². The zero-order valence-corrected chi connectivity index (χ0v) is 10.3. The van der Waals surface area contributed by atoms with Crippen molar-refractivity contribution in [2.45, 2.75) is 13.0 Å². The summed E-state index contributed by atoms with van der Waals surface area (Å²) in [6, 6.07) is 0.461. The SMILES string of the molecule is CCN1CCN(CC(COC)NC)CC1. The number of hydrogen-bond donors (Lipinski definition) is 1. The van der Waals surface area contributed by atoms with Gasteiger partial charge in [0.05, 0.1) is 6.61 Å². The summed E-state index contributed by atoms with van der Waals surface area (Å²) in [5, 5.41) is 3.30. The molecule has 0 aromatic carbocycles. The van der Waals surface area contributed by atoms with Gasteiger partial charge in [-0.3, -0.25) is 4.90 Å². The van der Waals surface area contributed by atoms with Crippen LogP contribution in [0.2, 0.25) is 0 Å². The highest BCUT2D eigenvalue weighted by Gasteiger charge is 2.18. The molecule has 0 aliphatic carbocycles. The van der Waals surface area contributed by atoms with Gasteiger partial charge in [-0.05, 0) is 13.6 Å². The zero-order valence-electron chi connectivity index (χ0n) is 10.3. The predicted octanol–water partition coefficient (Wildman–Crippen LogP) is -0.142. The topological polar surface area (TPSA) is 27.7 Å². The van der Waals surface area contributed by atoms with E-state index in [1.807, 2.05) is 7.05 Å². The molecule has 0 spiro atoms. The second-order valence-corrected chi connectivity index (χ2v) is 4.18. The molecule has 1 fully saturated rings. The van der Waals surface area contributed by atoms with Gasteiger partial charge < -0.3 is 15.0 Å². The molecule has 0 aromatic rings. The van der Waals surface area contributed by atoms with E-state index in [2.05, 4.69) is 22.0 Å². The normalized spacial score (nSPS) is 21.8. The Morgan fingerprint density at radius 2 is 1.80 bits per heavy atom. The van der Waals surface area contributed by atoms with Crippen LogP contribution in [-0.2, 0) is 4.74 Å². The van der Waals surface area contributed by atoms with Crippen molar-refractivity contribution in [1.29, 1.82) is 0 Å². The van der Waals surface area contributed by atoms with Crippen LogP contribution in [-0.4, -0.2) is 75.9 Å². The fourth-order valence-corrected chi connectivity index (χ4v) is 2.03. The van der Waals surface area contributed by atoms with E-state index in [9.17, 15) is 0 Å². The molecule has 1 aliphatic rings. The lowest BCUT2D eigenvalue weighted by Crippen LogP contribution is -2.51. The lowest BCUT2D eigenvalue weighted by Gasteiger charge is -2.35. The minimum Gasteiger partial charge on any atom is -0.383 e. The fraction of sp³-hybridized carbons (Fsp3) is 1.00. The summed E-state index contributed by atoms with van der Waals surface area (Å²) in [5.74, 6) is 0. The number of hydrogen-bond acceptors (Lipinski definition) is 4. The van der Waals surface area contributed by atoms with Gasteiger partial charge in [-0.25, -0.2) is 0 Å². The Hall–Kier alpha value is -0.160. The third-order valence-electron chi connectivity index (χ3n) is 3.17. The number of likely N-dealkylation sites (N-methyl/N-ethyl adjacent to an activating group) is 2. The molecule has 0 aromatic heterocycles. The van der Waals surface area contributed by atoms with Crippen LogP contribution in [0.25, 0.3) is 0 Å². The van der Waals surface area contributed by atoms with Crippen molar-refractivity contribution in [2.24, 2.45) is 0 Å². The van der Waals surface area contributed by atoms with Crippen LogP contribution >= 0.6 is 0 Å². The molecule has 1 rings (SSSR count). The first-order valence-corrected chi connectivity index (χ1v) is 5.91. The summed E-state index contributed by atoms with van der Waals surface area (Å²) >= 11 is 0. The first kappa shape index (κ1) is 12.9. The lowest BCUT2D eigenvalue weighted by molar-refractivity contribution is 0.102. The van der Waals surface area contributed by atoms with Crippen LogP contribution in [0, 0.1) is 0 Å². The van der Waals surface area contributed by atoms with E-state index >= 15 is 0 Å². The zero-order chi connectivity index (χ0) is 11.1. The van der Waals surface area contributed by atoms with Crippen molar-refractivity contribution in [3.8, 4) is 0 Å². The minimum atomic E-state index is 0.461. The van der Waals surface area contributed by atoms with E-state index in [0.29, 0.717) is 6.04 Å². The minimum absolute atomic E-state index is 0.461. The molecule has 0 radical (unpaired) electrons. The monoisotopic (exact) mass is 215 g/mol. The lowest BCUT2D eigenvalue weighted by atomic mass is 10.2. The smallest absolute Gasteiger partial charge is 0.0628 e. The van der Waals surface area contributed by atoms with Crippen molar-refractivity contribution < 1.29 is 4.74 Å². The third-order valence-corrected chi connectivity index (χ3v) is 3.17. The number of ether oxygens (including phenoxy) is 1. The maximum atomic E-state index is 5.18. The molecule has 90 valence electrons. The molecule has 4 nitrogen and oxygen atoms in total. The quantitative estimate of drug-likeness (QED) is 0.667. The van der Waals surface area contributed by atoms with Gasteiger partial charge in [-0.1, -0.05) is 6.92 Å². The van der Waals surface area contributed by atoms with Gasteiger partial charge in [0.25, 0.3) is 0 Å². The molecule has 1 N–H and O–H groups in total. The molecular weight excluding hydrogens is 190 g/mol. The van der Waals surface area contributed by atoms with E-state index in [1.165, 1.54) is 32.7 Å². The second-order valence-electron chi connectivity index (χ2n) is 4.18. The Morgan fingerprint density at radius 3 is 2.27 bits per heavy atom. The molecule has 0 amide bonds. The van der Waals surface area contributed by atoms with Crippen molar-refractivity contribution in [3.05, 3.63) is 0 Å². The first-order chi connectivity index (χ1) is 7.30. The van der Waals surface area contributed by atoms with Crippen LogP contribution in [0.5, 0.6) is 0 Å². The Labute approximate surface area is 93.6 Å². The van der Waals surface area contributed by atoms with E-state index in [-0.39, 0.29) is 0 Å².